The highest BCUT2D eigenvalue weighted by Crippen LogP contribution is 2.39. The van der Waals surface area contributed by atoms with Crippen molar-refractivity contribution >= 4 is 34.1 Å². The van der Waals surface area contributed by atoms with Crippen LogP contribution in [-0.4, -0.2) is 28.7 Å². The SMILES string of the molecule is COc1cccc2cc(C3CC(c4ccc(C)cc4)=NN3C(=O)c3ccccc3)c(Cl)nc12. The highest BCUT2D eigenvalue weighted by molar-refractivity contribution is 6.30. The summed E-state index contributed by atoms with van der Waals surface area (Å²) in [5.41, 5.74) is 5.01. The number of benzene rings is 3. The van der Waals surface area contributed by atoms with Crippen molar-refractivity contribution in [2.45, 2.75) is 19.4 Å². The van der Waals surface area contributed by atoms with E-state index in [-0.39, 0.29) is 11.9 Å². The molecule has 0 radical (unpaired) electrons. The molecule has 1 amide bonds. The molecule has 1 aliphatic heterocycles. The number of methoxy groups -OCH3 is 1. The highest BCUT2D eigenvalue weighted by atomic mass is 35.5. The molecule has 2 heterocycles. The number of aryl methyl sites for hydroxylation is 1. The number of carbonyl (C=O) groups excluding carboxylic acids is 1. The number of hydrogen-bond acceptors (Lipinski definition) is 4. The summed E-state index contributed by atoms with van der Waals surface area (Å²) < 4.78 is 5.44. The van der Waals surface area contributed by atoms with Crippen molar-refractivity contribution in [3.63, 3.8) is 0 Å². The van der Waals surface area contributed by atoms with Gasteiger partial charge in [0.1, 0.15) is 16.4 Å². The van der Waals surface area contributed by atoms with E-state index in [0.29, 0.717) is 28.4 Å². The Morgan fingerprint density at radius 2 is 1.79 bits per heavy atom. The van der Waals surface area contributed by atoms with Crippen molar-refractivity contribution in [3.8, 4) is 5.75 Å². The zero-order valence-corrected chi connectivity index (χ0v) is 19.1. The Bertz CT molecular complexity index is 1370. The van der Waals surface area contributed by atoms with Gasteiger partial charge < -0.3 is 4.74 Å². The lowest BCUT2D eigenvalue weighted by Crippen LogP contribution is -2.27. The van der Waals surface area contributed by atoms with Crippen LogP contribution < -0.4 is 4.74 Å². The van der Waals surface area contributed by atoms with Crippen LogP contribution in [-0.2, 0) is 0 Å². The molecule has 0 N–H and O–H groups in total. The van der Waals surface area contributed by atoms with Gasteiger partial charge in [-0.2, -0.15) is 5.10 Å². The van der Waals surface area contributed by atoms with Crippen LogP contribution in [0.25, 0.3) is 10.9 Å². The molecule has 0 saturated carbocycles. The molecule has 0 aliphatic carbocycles. The predicted octanol–water partition coefficient (Wildman–Crippen LogP) is 6.20. The minimum atomic E-state index is -0.371. The van der Waals surface area contributed by atoms with Crippen molar-refractivity contribution in [2.75, 3.05) is 7.11 Å². The fraction of sp³-hybridized carbons (Fsp3) is 0.148. The monoisotopic (exact) mass is 455 g/mol. The number of aromatic nitrogens is 1. The summed E-state index contributed by atoms with van der Waals surface area (Å²) in [5, 5.41) is 7.54. The number of hydrazone groups is 1. The molecule has 1 atom stereocenters. The third-order valence-corrected chi connectivity index (χ3v) is 6.20. The molecule has 1 aromatic heterocycles. The first-order valence-electron chi connectivity index (χ1n) is 10.7. The summed E-state index contributed by atoms with van der Waals surface area (Å²) in [6, 6.07) is 24.7. The van der Waals surface area contributed by atoms with Crippen LogP contribution in [0.15, 0.2) is 84.0 Å². The van der Waals surface area contributed by atoms with Gasteiger partial charge in [0.05, 0.1) is 18.9 Å². The molecule has 1 unspecified atom stereocenters. The first-order chi connectivity index (χ1) is 16.0. The van der Waals surface area contributed by atoms with Gasteiger partial charge in [-0.3, -0.25) is 4.79 Å². The lowest BCUT2D eigenvalue weighted by Gasteiger charge is -2.23. The Morgan fingerprint density at radius 1 is 1.03 bits per heavy atom. The molecule has 3 aromatic carbocycles. The molecule has 0 spiro atoms. The van der Waals surface area contributed by atoms with E-state index >= 15 is 0 Å². The number of para-hydroxylation sites is 1. The van der Waals surface area contributed by atoms with Gasteiger partial charge in [0.25, 0.3) is 5.91 Å². The molecule has 164 valence electrons. The van der Waals surface area contributed by atoms with Crippen LogP contribution in [0.1, 0.15) is 39.5 Å². The van der Waals surface area contributed by atoms with E-state index in [4.69, 9.17) is 21.4 Å². The Hall–Kier alpha value is -3.70. The number of nitrogens with zero attached hydrogens (tertiary/aromatic N) is 3. The number of carbonyl (C=O) groups is 1. The summed E-state index contributed by atoms with van der Waals surface area (Å²) in [4.78, 5) is 18.1. The molecular formula is C27H22ClN3O2. The van der Waals surface area contributed by atoms with Gasteiger partial charge in [-0.1, -0.05) is 71.8 Å². The molecule has 33 heavy (non-hydrogen) atoms. The summed E-state index contributed by atoms with van der Waals surface area (Å²) >= 11 is 6.69. The molecule has 5 rings (SSSR count). The Kier molecular flexibility index (Phi) is 5.56. The van der Waals surface area contributed by atoms with Crippen molar-refractivity contribution in [1.82, 2.24) is 9.99 Å². The summed E-state index contributed by atoms with van der Waals surface area (Å²) in [5.74, 6) is 0.478. The first-order valence-corrected chi connectivity index (χ1v) is 11.1. The number of pyridine rings is 1. The van der Waals surface area contributed by atoms with Crippen molar-refractivity contribution in [2.24, 2.45) is 5.10 Å². The number of amides is 1. The lowest BCUT2D eigenvalue weighted by molar-refractivity contribution is 0.0711. The molecule has 0 saturated heterocycles. The van der Waals surface area contributed by atoms with Crippen LogP contribution in [0.5, 0.6) is 5.75 Å². The first kappa shape index (κ1) is 21.2. The summed E-state index contributed by atoms with van der Waals surface area (Å²) in [7, 11) is 1.61. The lowest BCUT2D eigenvalue weighted by atomic mass is 9.97. The number of hydrogen-bond donors (Lipinski definition) is 0. The van der Waals surface area contributed by atoms with Crippen LogP contribution in [0.3, 0.4) is 0 Å². The van der Waals surface area contributed by atoms with Crippen molar-refractivity contribution in [3.05, 3.63) is 106 Å². The number of rotatable bonds is 4. The van der Waals surface area contributed by atoms with Gasteiger partial charge in [0.2, 0.25) is 0 Å². The van der Waals surface area contributed by atoms with Crippen LogP contribution in [0.2, 0.25) is 5.15 Å². The van der Waals surface area contributed by atoms with E-state index in [1.807, 2.05) is 73.7 Å². The Labute approximate surface area is 197 Å². The molecule has 1 aliphatic rings. The molecule has 0 fully saturated rings. The van der Waals surface area contributed by atoms with Crippen LogP contribution in [0, 0.1) is 6.92 Å². The molecule has 5 nitrogen and oxygen atoms in total. The molecule has 6 heteroatoms. The zero-order valence-electron chi connectivity index (χ0n) is 18.3. The zero-order chi connectivity index (χ0) is 22.9. The third-order valence-electron chi connectivity index (χ3n) is 5.89. The van der Waals surface area contributed by atoms with Gasteiger partial charge in [0, 0.05) is 22.9 Å². The number of fused-ring (bicyclic) bond motifs is 1. The topological polar surface area (TPSA) is 54.8 Å². The maximum atomic E-state index is 13.5. The highest BCUT2D eigenvalue weighted by Gasteiger charge is 2.35. The third kappa shape index (κ3) is 3.96. The molecule has 0 bridgehead atoms. The van der Waals surface area contributed by atoms with Crippen LogP contribution in [0.4, 0.5) is 0 Å². The standard InChI is InChI=1S/C27H22ClN3O2/c1-17-11-13-18(14-12-17)22-16-23(31(30-22)27(32)19-7-4-3-5-8-19)21-15-20-9-6-10-24(33-2)25(20)29-26(21)28/h3-15,23H,16H2,1-2H3. The smallest absolute Gasteiger partial charge is 0.274 e. The van der Waals surface area contributed by atoms with Gasteiger partial charge in [-0.25, -0.2) is 9.99 Å². The van der Waals surface area contributed by atoms with Gasteiger partial charge in [-0.15, -0.1) is 0 Å². The van der Waals surface area contributed by atoms with E-state index in [0.717, 1.165) is 22.2 Å². The fourth-order valence-electron chi connectivity index (χ4n) is 4.14. The van der Waals surface area contributed by atoms with Gasteiger partial charge in [-0.05, 0) is 36.8 Å². The van der Waals surface area contributed by atoms with Gasteiger partial charge >= 0.3 is 0 Å². The maximum Gasteiger partial charge on any atom is 0.274 e. The summed E-state index contributed by atoms with van der Waals surface area (Å²) in [6.07, 6.45) is 0.540. The largest absolute Gasteiger partial charge is 0.494 e. The van der Waals surface area contributed by atoms with Crippen molar-refractivity contribution < 1.29 is 9.53 Å². The van der Waals surface area contributed by atoms with E-state index in [2.05, 4.69) is 4.98 Å². The second-order valence-electron chi connectivity index (χ2n) is 8.05. The minimum absolute atomic E-state index is 0.176. The second kappa shape index (κ2) is 8.68. The Morgan fingerprint density at radius 3 is 2.52 bits per heavy atom. The normalized spacial score (nSPS) is 15.5. The maximum absolute atomic E-state index is 13.5. The van der Waals surface area contributed by atoms with Crippen LogP contribution >= 0.6 is 11.6 Å². The van der Waals surface area contributed by atoms with Gasteiger partial charge in [0.15, 0.2) is 0 Å². The average Bonchev–Trinajstić information content (AvgIpc) is 3.29. The van der Waals surface area contributed by atoms with E-state index in [9.17, 15) is 4.79 Å². The van der Waals surface area contributed by atoms with E-state index < -0.39 is 0 Å². The number of ether oxygens (including phenoxy) is 1. The number of halogens is 1. The van der Waals surface area contributed by atoms with E-state index in [1.54, 1.807) is 24.3 Å². The Balaban J connectivity index is 1.61. The quantitative estimate of drug-likeness (QED) is 0.344. The second-order valence-corrected chi connectivity index (χ2v) is 8.41. The molecular weight excluding hydrogens is 434 g/mol. The minimum Gasteiger partial charge on any atom is -0.494 e. The average molecular weight is 456 g/mol. The fourth-order valence-corrected chi connectivity index (χ4v) is 4.40. The van der Waals surface area contributed by atoms with E-state index in [1.165, 1.54) is 5.56 Å². The molecule has 4 aromatic rings. The van der Waals surface area contributed by atoms with Crippen molar-refractivity contribution in [1.29, 1.82) is 0 Å². The predicted molar refractivity (Wildman–Crippen MR) is 131 cm³/mol. The summed E-state index contributed by atoms with van der Waals surface area (Å²) in [6.45, 7) is 2.04.